The lowest BCUT2D eigenvalue weighted by Crippen LogP contribution is -1.91. The minimum atomic E-state index is -0.586. The Hall–Kier alpha value is -13.3. The summed E-state index contributed by atoms with van der Waals surface area (Å²) in [5.41, 5.74) is 7.73. The molecule has 0 amide bonds. The second kappa shape index (κ2) is 25.5. The van der Waals surface area contributed by atoms with Crippen LogP contribution in [0.2, 0.25) is 0 Å². The Morgan fingerprint density at radius 1 is 0.137 bits per heavy atom. The summed E-state index contributed by atoms with van der Waals surface area (Å²) in [4.78, 5) is 0. The first-order valence-corrected chi connectivity index (χ1v) is 33.6. The van der Waals surface area contributed by atoms with E-state index in [1.807, 2.05) is 115 Å². The first kappa shape index (κ1) is 41.9. The van der Waals surface area contributed by atoms with Crippen molar-refractivity contribution in [2.24, 2.45) is 0 Å². The molecule has 0 heteroatoms. The second-order valence-electron chi connectivity index (χ2n) is 25.2. The molecule has 0 atom stereocenters. The Balaban J connectivity index is 0.000000123. The van der Waals surface area contributed by atoms with Gasteiger partial charge in [-0.1, -0.05) is 382 Å². The fourth-order valence-corrected chi connectivity index (χ4v) is 15.1. The van der Waals surface area contributed by atoms with E-state index in [0.717, 1.165) is 32.3 Å². The van der Waals surface area contributed by atoms with E-state index in [1.54, 1.807) is 12.1 Å². The molecule has 102 heavy (non-hydrogen) atoms. The number of rotatable bonds is 6. The Labute approximate surface area is 622 Å². The highest BCUT2D eigenvalue weighted by Gasteiger charge is 2.22. The van der Waals surface area contributed by atoms with Crippen LogP contribution in [-0.2, 0) is 0 Å². The van der Waals surface area contributed by atoms with E-state index in [-0.39, 0.29) is 113 Å². The molecular formula is C102H66. The van der Waals surface area contributed by atoms with E-state index < -0.39 is 84.6 Å². The van der Waals surface area contributed by atoms with E-state index in [4.69, 9.17) is 28.8 Å². The van der Waals surface area contributed by atoms with Crippen LogP contribution in [0.1, 0.15) is 28.8 Å². The summed E-state index contributed by atoms with van der Waals surface area (Å²) in [6, 6.07) is 81.7. The Kier molecular flexibility index (Phi) is 10.5. The van der Waals surface area contributed by atoms with Crippen molar-refractivity contribution >= 4 is 129 Å². The summed E-state index contributed by atoms with van der Waals surface area (Å²) >= 11 is 0. The molecule has 21 rings (SSSR count). The molecule has 0 radical (unpaired) electrons. The standard InChI is InChI=1S/3C34H22/c3*1-2-12-25-22-26(21-20-23(25)10-1)33-29-15-5-7-17-31(29)34(32-18-8-6-16-30(32)33)28-19-9-13-24-11-3-4-14-27(24)28/h3*1-22H/i3D,4D,5D,6D,7D,8D,9D,11D,13D,15D,16D,17D,18D;5D,6D,7D,8D,15D,16D,17D,18D;. The molecule has 0 unspecified atom stereocenters. The molecule has 0 saturated carbocycles. The van der Waals surface area contributed by atoms with E-state index in [2.05, 4.69) is 133 Å². The van der Waals surface area contributed by atoms with Crippen LogP contribution in [0.3, 0.4) is 0 Å². The van der Waals surface area contributed by atoms with Gasteiger partial charge >= 0.3 is 0 Å². The van der Waals surface area contributed by atoms with Crippen molar-refractivity contribution < 1.29 is 28.8 Å². The predicted octanol–water partition coefficient (Wildman–Crippen LogP) is 28.9. The van der Waals surface area contributed by atoms with Gasteiger partial charge in [-0.05, 0) is 214 Å². The molecule has 0 bridgehead atoms. The topological polar surface area (TPSA) is 0 Å². The lowest BCUT2D eigenvalue weighted by atomic mass is 9.84. The second-order valence-corrected chi connectivity index (χ2v) is 25.2. The van der Waals surface area contributed by atoms with Gasteiger partial charge in [0.2, 0.25) is 0 Å². The Morgan fingerprint density at radius 2 is 0.392 bits per heavy atom. The number of hydrogen-bond acceptors (Lipinski definition) is 0. The number of fused-ring (bicyclic) bond motifs is 12. The first-order chi connectivity index (χ1) is 59.3. The van der Waals surface area contributed by atoms with Crippen molar-refractivity contribution in [3.63, 3.8) is 0 Å². The van der Waals surface area contributed by atoms with E-state index in [1.165, 1.54) is 77.5 Å². The maximum absolute atomic E-state index is 9.15. The van der Waals surface area contributed by atoms with E-state index in [0.29, 0.717) is 27.8 Å². The summed E-state index contributed by atoms with van der Waals surface area (Å²) in [6.07, 6.45) is 0. The molecule has 0 N–H and O–H groups in total. The van der Waals surface area contributed by atoms with Crippen LogP contribution in [0.4, 0.5) is 0 Å². The molecule has 0 heterocycles. The van der Waals surface area contributed by atoms with Gasteiger partial charge in [-0.2, -0.15) is 0 Å². The van der Waals surface area contributed by atoms with Gasteiger partial charge in [-0.3, -0.25) is 0 Å². The number of hydrogen-bond donors (Lipinski definition) is 0. The normalized spacial score (nSPS) is 14.4. The summed E-state index contributed by atoms with van der Waals surface area (Å²) < 4.78 is 184. The zero-order valence-corrected chi connectivity index (χ0v) is 54.5. The quantitative estimate of drug-likeness (QED) is 0.146. The smallest absolute Gasteiger partial charge is 0.0616 e. The third kappa shape index (κ3) is 10.4. The van der Waals surface area contributed by atoms with Crippen LogP contribution in [0, 0.1) is 0 Å². The van der Waals surface area contributed by atoms with E-state index in [9.17, 15) is 0 Å². The minimum absolute atomic E-state index is 0.0113. The lowest BCUT2D eigenvalue weighted by molar-refractivity contribution is 1.68. The molecule has 0 nitrogen and oxygen atoms in total. The van der Waals surface area contributed by atoms with Gasteiger partial charge in [0, 0.05) is 0 Å². The summed E-state index contributed by atoms with van der Waals surface area (Å²) in [5, 5.41) is 16.2. The predicted molar refractivity (Wildman–Crippen MR) is 442 cm³/mol. The van der Waals surface area contributed by atoms with Crippen molar-refractivity contribution in [2.45, 2.75) is 0 Å². The molecule has 0 aliphatic rings. The fourth-order valence-electron chi connectivity index (χ4n) is 15.1. The van der Waals surface area contributed by atoms with Gasteiger partial charge in [0.1, 0.15) is 0 Å². The van der Waals surface area contributed by atoms with Crippen molar-refractivity contribution in [3.8, 4) is 66.8 Å². The first-order valence-electron chi connectivity index (χ1n) is 44.1. The van der Waals surface area contributed by atoms with Crippen molar-refractivity contribution in [2.75, 3.05) is 0 Å². The SMILES string of the molecule is [2H]c1c([2H])c([2H])c2c(-c3cccc4ccccc34)c3c([2H])c([2H])c([2H])c([2H])c3c(-c3ccc4ccccc4c3)c2c1[2H].[2H]c1cc2c(-c3c4c([2H])c([2H])c([2H])c([2H])c4c(-c4ccc5ccccc5c4)c4c([2H])c([2H])c([2H])c([2H])c34)cc([2H])c([2H])c2c([2H])c1[2H].c1ccc2cc(-c3c4ccccc4c(-c4cccc5ccccc45)c4ccccc34)ccc2c1. The molecule has 21 aromatic carbocycles. The van der Waals surface area contributed by atoms with Crippen LogP contribution >= 0.6 is 0 Å². The molecule has 0 aromatic heterocycles. The highest BCUT2D eigenvalue weighted by atomic mass is 14.3. The summed E-state index contributed by atoms with van der Waals surface area (Å²) in [7, 11) is 0. The van der Waals surface area contributed by atoms with Gasteiger partial charge in [-0.25, -0.2) is 0 Å². The van der Waals surface area contributed by atoms with Crippen molar-refractivity contribution in [3.05, 3.63) is 400 Å². The van der Waals surface area contributed by atoms with Crippen LogP contribution in [-0.4, -0.2) is 0 Å². The van der Waals surface area contributed by atoms with E-state index >= 15 is 0 Å². The Morgan fingerprint density at radius 3 is 0.775 bits per heavy atom. The lowest BCUT2D eigenvalue weighted by Gasteiger charge is -2.19. The van der Waals surface area contributed by atoms with Gasteiger partial charge in [-0.15, -0.1) is 0 Å². The molecule has 474 valence electrons. The maximum atomic E-state index is 9.15. The van der Waals surface area contributed by atoms with Gasteiger partial charge < -0.3 is 0 Å². The molecule has 0 aliphatic heterocycles. The van der Waals surface area contributed by atoms with Crippen LogP contribution in [0.5, 0.6) is 0 Å². The third-order valence-corrected chi connectivity index (χ3v) is 19.6. The minimum Gasteiger partial charge on any atom is -0.0616 e. The van der Waals surface area contributed by atoms with Crippen LogP contribution in [0.25, 0.3) is 196 Å². The molecular weight excluding hydrogens is 1230 g/mol. The molecule has 0 aliphatic carbocycles. The largest absolute Gasteiger partial charge is 0.0629 e. The monoisotopic (exact) mass is 1310 g/mol. The van der Waals surface area contributed by atoms with Crippen molar-refractivity contribution in [1.82, 2.24) is 0 Å². The zero-order valence-electron chi connectivity index (χ0n) is 75.5. The van der Waals surface area contributed by atoms with Gasteiger partial charge in [0.15, 0.2) is 0 Å². The average Bonchev–Trinajstić information content (AvgIpc) is 0.694. The fraction of sp³-hybridized carbons (Fsp3) is 0. The summed E-state index contributed by atoms with van der Waals surface area (Å²) in [5.74, 6) is 0. The van der Waals surface area contributed by atoms with Crippen LogP contribution < -0.4 is 0 Å². The highest BCUT2D eigenvalue weighted by Crippen LogP contribution is 2.50. The molecule has 21 aromatic rings. The van der Waals surface area contributed by atoms with Gasteiger partial charge in [0.25, 0.3) is 0 Å². The van der Waals surface area contributed by atoms with Crippen molar-refractivity contribution in [1.29, 1.82) is 0 Å². The molecule has 0 fully saturated rings. The summed E-state index contributed by atoms with van der Waals surface area (Å²) in [6.45, 7) is 0. The van der Waals surface area contributed by atoms with Crippen LogP contribution in [0.15, 0.2) is 400 Å². The highest BCUT2D eigenvalue weighted by molar-refractivity contribution is 6.27. The molecule has 0 saturated heterocycles. The third-order valence-electron chi connectivity index (χ3n) is 19.6. The molecule has 0 spiro atoms. The maximum Gasteiger partial charge on any atom is 0.0629 e. The Bertz CT molecular complexity index is 7990. The van der Waals surface area contributed by atoms with Gasteiger partial charge in [0.05, 0.1) is 28.8 Å². The number of benzene rings is 21. The average molecular weight is 1310 g/mol. The zero-order chi connectivity index (χ0) is 85.7.